The molecule has 0 saturated carbocycles. The smallest absolute Gasteiger partial charge is 0.0613 e. The zero-order chi connectivity index (χ0) is 14.4. The average molecular weight is 270 g/mol. The van der Waals surface area contributed by atoms with Gasteiger partial charge in [-0.15, -0.1) is 0 Å². The van der Waals surface area contributed by atoms with Crippen molar-refractivity contribution in [1.82, 2.24) is 10.2 Å². The lowest BCUT2D eigenvalue weighted by molar-refractivity contribution is 0.114. The van der Waals surface area contributed by atoms with E-state index < -0.39 is 0 Å². The molecule has 0 aromatic rings. The Morgan fingerprint density at radius 2 is 1.84 bits per heavy atom. The van der Waals surface area contributed by atoms with Gasteiger partial charge in [0.25, 0.3) is 0 Å². The second-order valence-electron chi connectivity index (χ2n) is 6.93. The Bertz CT molecular complexity index is 239. The molecule has 1 fully saturated rings. The predicted octanol–water partition coefficient (Wildman–Crippen LogP) is 2.64. The van der Waals surface area contributed by atoms with E-state index in [0.29, 0.717) is 5.41 Å². The van der Waals surface area contributed by atoms with Crippen LogP contribution in [0.3, 0.4) is 0 Å². The summed E-state index contributed by atoms with van der Waals surface area (Å²) in [4.78, 5) is 2.59. The van der Waals surface area contributed by atoms with Gasteiger partial charge in [-0.05, 0) is 63.7 Å². The molecular weight excluding hydrogens is 236 g/mol. The van der Waals surface area contributed by atoms with Gasteiger partial charge < -0.3 is 15.3 Å². The fourth-order valence-electron chi connectivity index (χ4n) is 3.03. The maximum absolute atomic E-state index is 9.64. The van der Waals surface area contributed by atoms with Crippen molar-refractivity contribution in [2.24, 2.45) is 5.41 Å². The van der Waals surface area contributed by atoms with Crippen LogP contribution in [0.5, 0.6) is 0 Å². The summed E-state index contributed by atoms with van der Waals surface area (Å²) >= 11 is 0. The lowest BCUT2D eigenvalue weighted by atomic mass is 9.82. The van der Waals surface area contributed by atoms with E-state index in [1.54, 1.807) is 0 Å². The van der Waals surface area contributed by atoms with Crippen molar-refractivity contribution in [3.63, 3.8) is 0 Å². The molecular formula is C16H34N2O. The topological polar surface area (TPSA) is 35.5 Å². The van der Waals surface area contributed by atoms with E-state index in [-0.39, 0.29) is 12.1 Å². The van der Waals surface area contributed by atoms with Gasteiger partial charge in [-0.3, -0.25) is 0 Å². The van der Waals surface area contributed by atoms with Crippen molar-refractivity contribution in [1.29, 1.82) is 0 Å². The average Bonchev–Trinajstić information content (AvgIpc) is 2.39. The minimum Gasteiger partial charge on any atom is -0.394 e. The van der Waals surface area contributed by atoms with E-state index in [1.807, 2.05) is 0 Å². The molecule has 1 atom stereocenters. The first kappa shape index (κ1) is 16.9. The highest BCUT2D eigenvalue weighted by molar-refractivity contribution is 4.86. The number of rotatable bonds is 8. The first-order valence-corrected chi connectivity index (χ1v) is 8.05. The first-order valence-electron chi connectivity index (χ1n) is 8.05. The van der Waals surface area contributed by atoms with E-state index >= 15 is 0 Å². The van der Waals surface area contributed by atoms with Gasteiger partial charge in [-0.2, -0.15) is 0 Å². The van der Waals surface area contributed by atoms with Crippen LogP contribution in [0, 0.1) is 5.41 Å². The highest BCUT2D eigenvalue weighted by Crippen LogP contribution is 2.30. The Hall–Kier alpha value is -0.120. The second-order valence-corrected chi connectivity index (χ2v) is 6.93. The number of piperidine rings is 1. The fourth-order valence-corrected chi connectivity index (χ4v) is 3.03. The molecule has 1 aliphatic rings. The fraction of sp³-hybridized carbons (Fsp3) is 1.00. The van der Waals surface area contributed by atoms with Crippen molar-refractivity contribution in [2.45, 2.75) is 65.3 Å². The van der Waals surface area contributed by atoms with Crippen molar-refractivity contribution >= 4 is 0 Å². The molecule has 0 spiro atoms. The number of aliphatic hydroxyl groups is 1. The van der Waals surface area contributed by atoms with Crippen molar-refractivity contribution in [2.75, 3.05) is 32.8 Å². The van der Waals surface area contributed by atoms with Crippen molar-refractivity contribution < 1.29 is 5.11 Å². The molecule has 0 aromatic carbocycles. The summed E-state index contributed by atoms with van der Waals surface area (Å²) in [6.07, 6.45) is 5.90. The van der Waals surface area contributed by atoms with Crippen LogP contribution in [-0.2, 0) is 0 Å². The molecule has 3 nitrogen and oxygen atoms in total. The summed E-state index contributed by atoms with van der Waals surface area (Å²) in [5, 5.41) is 13.1. The number of nitrogens with zero attached hydrogens (tertiary/aromatic N) is 1. The molecule has 1 saturated heterocycles. The third-order valence-corrected chi connectivity index (χ3v) is 4.87. The van der Waals surface area contributed by atoms with E-state index in [9.17, 15) is 5.11 Å². The van der Waals surface area contributed by atoms with Gasteiger partial charge in [0.05, 0.1) is 6.61 Å². The van der Waals surface area contributed by atoms with Crippen molar-refractivity contribution in [3.05, 3.63) is 0 Å². The van der Waals surface area contributed by atoms with Gasteiger partial charge in [0.15, 0.2) is 0 Å². The molecule has 2 N–H and O–H groups in total. The number of likely N-dealkylation sites (N-methyl/N-ethyl adjacent to an activating group) is 1. The highest BCUT2D eigenvalue weighted by Gasteiger charge is 2.27. The maximum Gasteiger partial charge on any atom is 0.0613 e. The Balaban J connectivity index is 2.29. The third-order valence-electron chi connectivity index (χ3n) is 4.87. The van der Waals surface area contributed by atoms with Crippen LogP contribution >= 0.6 is 0 Å². The molecule has 114 valence electrons. The molecule has 0 bridgehead atoms. The van der Waals surface area contributed by atoms with E-state index in [4.69, 9.17) is 0 Å². The monoisotopic (exact) mass is 270 g/mol. The molecule has 0 amide bonds. The van der Waals surface area contributed by atoms with Crippen LogP contribution in [0.25, 0.3) is 0 Å². The van der Waals surface area contributed by atoms with Gasteiger partial charge in [0, 0.05) is 5.54 Å². The largest absolute Gasteiger partial charge is 0.394 e. The Labute approximate surface area is 119 Å². The summed E-state index contributed by atoms with van der Waals surface area (Å²) < 4.78 is 0. The lowest BCUT2D eigenvalue weighted by Crippen LogP contribution is -2.48. The van der Waals surface area contributed by atoms with E-state index in [0.717, 1.165) is 19.4 Å². The zero-order valence-electron chi connectivity index (χ0n) is 13.5. The van der Waals surface area contributed by atoms with Crippen molar-refractivity contribution in [3.8, 4) is 0 Å². The standard InChI is InChI=1S/C16H34N2O/c1-5-16(14-19,17-6-2)8-7-11-18-12-9-15(3,4)10-13-18/h17,19H,5-14H2,1-4H3. The number of nitrogens with one attached hydrogen (secondary N) is 1. The molecule has 1 heterocycles. The SMILES string of the molecule is CCNC(CC)(CO)CCCN1CCC(C)(C)CC1. The van der Waals surface area contributed by atoms with Gasteiger partial charge in [0.1, 0.15) is 0 Å². The number of likely N-dealkylation sites (tertiary alicyclic amines) is 1. The molecule has 3 heteroatoms. The normalized spacial score (nSPS) is 23.2. The highest BCUT2D eigenvalue weighted by atomic mass is 16.3. The maximum atomic E-state index is 9.64. The van der Waals surface area contributed by atoms with Gasteiger partial charge in [-0.1, -0.05) is 27.7 Å². The summed E-state index contributed by atoms with van der Waals surface area (Å²) in [6, 6.07) is 0. The molecule has 19 heavy (non-hydrogen) atoms. The Morgan fingerprint density at radius 1 is 1.21 bits per heavy atom. The van der Waals surface area contributed by atoms with Crippen LogP contribution < -0.4 is 5.32 Å². The minimum atomic E-state index is -0.0518. The van der Waals surface area contributed by atoms with Gasteiger partial charge in [0.2, 0.25) is 0 Å². The van der Waals surface area contributed by atoms with Crippen LogP contribution in [0.1, 0.15) is 59.8 Å². The summed E-state index contributed by atoms with van der Waals surface area (Å²) in [6.45, 7) is 13.9. The van der Waals surface area contributed by atoms with Crippen LogP contribution in [0.4, 0.5) is 0 Å². The third kappa shape index (κ3) is 5.41. The predicted molar refractivity (Wildman–Crippen MR) is 82.5 cm³/mol. The number of hydrogen-bond donors (Lipinski definition) is 2. The molecule has 0 radical (unpaired) electrons. The summed E-state index contributed by atoms with van der Waals surface area (Å²) in [5.41, 5.74) is 0.488. The summed E-state index contributed by atoms with van der Waals surface area (Å²) in [7, 11) is 0. The number of hydrogen-bond acceptors (Lipinski definition) is 3. The second kappa shape index (κ2) is 7.61. The molecule has 1 rings (SSSR count). The molecule has 1 aliphatic heterocycles. The zero-order valence-corrected chi connectivity index (χ0v) is 13.5. The van der Waals surface area contributed by atoms with Crippen LogP contribution in [0.15, 0.2) is 0 Å². The lowest BCUT2D eigenvalue weighted by Gasteiger charge is -2.38. The number of aliphatic hydroxyl groups excluding tert-OH is 1. The van der Waals surface area contributed by atoms with E-state index in [2.05, 4.69) is 37.9 Å². The Kier molecular flexibility index (Phi) is 6.78. The Morgan fingerprint density at radius 3 is 2.32 bits per heavy atom. The van der Waals surface area contributed by atoms with E-state index in [1.165, 1.54) is 38.9 Å². The summed E-state index contributed by atoms with van der Waals surface area (Å²) in [5.74, 6) is 0. The molecule has 0 aromatic heterocycles. The van der Waals surface area contributed by atoms with Gasteiger partial charge in [-0.25, -0.2) is 0 Å². The quantitative estimate of drug-likeness (QED) is 0.712. The van der Waals surface area contributed by atoms with Crippen LogP contribution in [-0.4, -0.2) is 48.3 Å². The first-order chi connectivity index (χ1) is 8.97. The van der Waals surface area contributed by atoms with Gasteiger partial charge >= 0.3 is 0 Å². The van der Waals surface area contributed by atoms with Crippen LogP contribution in [0.2, 0.25) is 0 Å². The molecule has 0 aliphatic carbocycles. The minimum absolute atomic E-state index is 0.0518. The molecule has 1 unspecified atom stereocenters.